The number of anilines is 1. The monoisotopic (exact) mass is 489 g/mol. The third-order valence-corrected chi connectivity index (χ3v) is 7.08. The van der Waals surface area contributed by atoms with E-state index >= 15 is 0 Å². The van der Waals surface area contributed by atoms with Crippen molar-refractivity contribution in [2.75, 3.05) is 5.32 Å². The number of benzene rings is 1. The molecule has 4 aromatic rings. The number of halogens is 1. The second-order valence-electron chi connectivity index (χ2n) is 8.28. The van der Waals surface area contributed by atoms with E-state index in [1.807, 2.05) is 41.2 Å². The summed E-state index contributed by atoms with van der Waals surface area (Å²) >= 11 is 3.63. The number of nitrogens with one attached hydrogen (secondary N) is 2. The van der Waals surface area contributed by atoms with E-state index in [2.05, 4.69) is 48.5 Å². The van der Waals surface area contributed by atoms with Gasteiger partial charge in [0.2, 0.25) is 5.91 Å². The fourth-order valence-corrected chi connectivity index (χ4v) is 5.48. The van der Waals surface area contributed by atoms with Gasteiger partial charge >= 0.3 is 0 Å². The van der Waals surface area contributed by atoms with Crippen molar-refractivity contribution >= 4 is 38.7 Å². The number of primary amides is 1. The second-order valence-corrected chi connectivity index (χ2v) is 9.13. The number of aromatic amines is 1. The van der Waals surface area contributed by atoms with Crippen LogP contribution >= 0.6 is 15.9 Å². The van der Waals surface area contributed by atoms with Gasteiger partial charge in [0.25, 0.3) is 0 Å². The Morgan fingerprint density at radius 3 is 2.88 bits per heavy atom. The molecule has 0 aliphatic heterocycles. The molecular formula is C23H20BrN7O. The molecule has 2 bridgehead atoms. The number of carbonyl (C=O) groups is 1. The number of fused-ring (bicyclic) bond motifs is 3. The van der Waals surface area contributed by atoms with Crippen LogP contribution < -0.4 is 11.1 Å². The lowest BCUT2D eigenvalue weighted by Crippen LogP contribution is -2.41. The fourth-order valence-electron chi connectivity index (χ4n) is 5.06. The van der Waals surface area contributed by atoms with Crippen LogP contribution in [0.5, 0.6) is 0 Å². The quantitative estimate of drug-likeness (QED) is 0.370. The molecule has 0 saturated heterocycles. The number of para-hydroxylation sites is 1. The number of hydrogen-bond acceptors (Lipinski definition) is 5. The van der Waals surface area contributed by atoms with Crippen LogP contribution in [0.4, 0.5) is 5.69 Å². The van der Waals surface area contributed by atoms with E-state index in [0.717, 1.165) is 33.3 Å². The minimum absolute atomic E-state index is 0.0625. The van der Waals surface area contributed by atoms with Gasteiger partial charge in [0.15, 0.2) is 5.65 Å². The molecule has 3 aromatic heterocycles. The number of allylic oxidation sites excluding steroid dienone is 1. The molecule has 3 heterocycles. The molecule has 8 nitrogen and oxygen atoms in total. The van der Waals surface area contributed by atoms with E-state index in [-0.39, 0.29) is 29.7 Å². The van der Waals surface area contributed by atoms with Gasteiger partial charge in [-0.25, -0.2) is 14.6 Å². The van der Waals surface area contributed by atoms with Gasteiger partial charge in [-0.15, -0.1) is 0 Å². The average molecular weight is 490 g/mol. The van der Waals surface area contributed by atoms with Gasteiger partial charge in [-0.05, 0) is 52.4 Å². The zero-order chi connectivity index (χ0) is 21.8. The summed E-state index contributed by atoms with van der Waals surface area (Å²) in [5, 5.41) is 7.96. The first-order valence-corrected chi connectivity index (χ1v) is 11.3. The predicted octanol–water partition coefficient (Wildman–Crippen LogP) is 3.66. The summed E-state index contributed by atoms with van der Waals surface area (Å²) in [6.07, 6.45) is 10.6. The maximum absolute atomic E-state index is 12.2. The third kappa shape index (κ3) is 2.96. The van der Waals surface area contributed by atoms with E-state index in [4.69, 9.17) is 10.7 Å². The summed E-state index contributed by atoms with van der Waals surface area (Å²) in [7, 11) is 0. The lowest BCUT2D eigenvalue weighted by Gasteiger charge is -2.28. The summed E-state index contributed by atoms with van der Waals surface area (Å²) in [6, 6.07) is 9.76. The number of rotatable bonds is 5. The molecule has 9 heteroatoms. The predicted molar refractivity (Wildman–Crippen MR) is 125 cm³/mol. The Hall–Kier alpha value is -3.46. The van der Waals surface area contributed by atoms with Gasteiger partial charge in [0.1, 0.15) is 11.3 Å². The average Bonchev–Trinajstić information content (AvgIpc) is 3.58. The van der Waals surface area contributed by atoms with Crippen LogP contribution in [0.2, 0.25) is 0 Å². The van der Waals surface area contributed by atoms with E-state index in [0.29, 0.717) is 11.5 Å². The molecule has 4 atom stereocenters. The zero-order valence-corrected chi connectivity index (χ0v) is 18.5. The van der Waals surface area contributed by atoms with E-state index in [9.17, 15) is 4.79 Å². The topological polar surface area (TPSA) is 115 Å². The molecule has 1 amide bonds. The highest BCUT2D eigenvalue weighted by Crippen LogP contribution is 2.46. The normalized spacial score (nSPS) is 23.8. The number of imidazole rings is 1. The van der Waals surface area contributed by atoms with Crippen molar-refractivity contribution in [1.29, 1.82) is 0 Å². The summed E-state index contributed by atoms with van der Waals surface area (Å²) in [4.78, 5) is 24.9. The first-order valence-electron chi connectivity index (χ1n) is 10.5. The molecule has 2 aliphatic rings. The Morgan fingerprint density at radius 1 is 1.22 bits per heavy atom. The SMILES string of the molecule is NC(=O)C1C2C=CC(C2)C1Nc1c(Br)cnc2nc(-c3ccccc3-n3cccn3)[nH]c12. The molecular weight excluding hydrogens is 470 g/mol. The number of nitrogens with two attached hydrogens (primary N) is 1. The third-order valence-electron chi connectivity index (χ3n) is 6.48. The van der Waals surface area contributed by atoms with Gasteiger partial charge in [0, 0.05) is 30.2 Å². The van der Waals surface area contributed by atoms with E-state index in [1.54, 1.807) is 12.4 Å². The summed E-state index contributed by atoms with van der Waals surface area (Å²) in [5.41, 5.74) is 9.79. The van der Waals surface area contributed by atoms with Gasteiger partial charge in [-0.2, -0.15) is 5.10 Å². The molecule has 0 spiro atoms. The molecule has 160 valence electrons. The highest BCUT2D eigenvalue weighted by atomic mass is 79.9. The molecule has 0 radical (unpaired) electrons. The molecule has 1 aromatic carbocycles. The van der Waals surface area contributed by atoms with Crippen molar-refractivity contribution in [3.63, 3.8) is 0 Å². The largest absolute Gasteiger partial charge is 0.378 e. The maximum Gasteiger partial charge on any atom is 0.223 e. The summed E-state index contributed by atoms with van der Waals surface area (Å²) in [6.45, 7) is 0. The first kappa shape index (κ1) is 19.2. The Bertz CT molecular complexity index is 1360. The van der Waals surface area contributed by atoms with Crippen molar-refractivity contribution in [2.24, 2.45) is 23.5 Å². The van der Waals surface area contributed by atoms with Crippen LogP contribution in [0.15, 0.2) is 65.5 Å². The number of amides is 1. The highest BCUT2D eigenvalue weighted by Gasteiger charge is 2.47. The van der Waals surface area contributed by atoms with Crippen molar-refractivity contribution < 1.29 is 4.79 Å². The molecule has 4 unspecified atom stereocenters. The Kier molecular flexibility index (Phi) is 4.39. The molecule has 1 saturated carbocycles. The van der Waals surface area contributed by atoms with Gasteiger partial charge in [0.05, 0.1) is 21.8 Å². The van der Waals surface area contributed by atoms with Crippen molar-refractivity contribution in [2.45, 2.75) is 12.5 Å². The van der Waals surface area contributed by atoms with Crippen LogP contribution in [-0.4, -0.2) is 36.7 Å². The fraction of sp³-hybridized carbons (Fsp3) is 0.217. The molecule has 2 aliphatic carbocycles. The number of hydrogen-bond donors (Lipinski definition) is 3. The molecule has 6 rings (SSSR count). The number of aromatic nitrogens is 5. The highest BCUT2D eigenvalue weighted by molar-refractivity contribution is 9.10. The van der Waals surface area contributed by atoms with Crippen molar-refractivity contribution in [3.05, 3.63) is 65.5 Å². The van der Waals surface area contributed by atoms with E-state index in [1.165, 1.54) is 0 Å². The van der Waals surface area contributed by atoms with Crippen LogP contribution in [0, 0.1) is 17.8 Å². The number of nitrogens with zero attached hydrogens (tertiary/aromatic N) is 4. The van der Waals surface area contributed by atoms with Gasteiger partial charge in [-0.1, -0.05) is 24.3 Å². The smallest absolute Gasteiger partial charge is 0.223 e. The Labute approximate surface area is 192 Å². The van der Waals surface area contributed by atoms with Crippen LogP contribution in [0.1, 0.15) is 6.42 Å². The summed E-state index contributed by atoms with van der Waals surface area (Å²) < 4.78 is 2.61. The number of H-pyrrole nitrogens is 1. The maximum atomic E-state index is 12.2. The summed E-state index contributed by atoms with van der Waals surface area (Å²) in [5.74, 6) is 0.668. The lowest BCUT2D eigenvalue weighted by atomic mass is 9.88. The van der Waals surface area contributed by atoms with Crippen molar-refractivity contribution in [1.82, 2.24) is 24.7 Å². The van der Waals surface area contributed by atoms with Crippen LogP contribution in [-0.2, 0) is 4.79 Å². The Morgan fingerprint density at radius 2 is 2.06 bits per heavy atom. The molecule has 1 fully saturated rings. The first-order chi connectivity index (χ1) is 15.6. The van der Waals surface area contributed by atoms with E-state index < -0.39 is 0 Å². The minimum atomic E-state index is -0.265. The zero-order valence-electron chi connectivity index (χ0n) is 16.9. The molecule has 4 N–H and O–H groups in total. The lowest BCUT2D eigenvalue weighted by molar-refractivity contribution is -0.122. The van der Waals surface area contributed by atoms with Crippen LogP contribution in [0.25, 0.3) is 28.2 Å². The van der Waals surface area contributed by atoms with Gasteiger partial charge < -0.3 is 16.0 Å². The second kappa shape index (κ2) is 7.30. The van der Waals surface area contributed by atoms with Gasteiger partial charge in [-0.3, -0.25) is 4.79 Å². The molecule has 32 heavy (non-hydrogen) atoms. The Balaban J connectivity index is 1.44. The standard InChI is InChI=1S/C23H20BrN7O/c24-15-11-26-23-20(19(15)28-18-13-7-6-12(10-13)17(18)21(25)32)29-22(30-23)14-4-1-2-5-16(14)31-9-3-8-27-31/h1-9,11-13,17-18H,10H2,(H2,25,32)(H2,26,28,29,30). The van der Waals surface area contributed by atoms with Crippen molar-refractivity contribution in [3.8, 4) is 17.1 Å². The number of carbonyl (C=O) groups excluding carboxylic acids is 1. The number of pyridine rings is 1. The minimum Gasteiger partial charge on any atom is -0.378 e. The van der Waals surface area contributed by atoms with Crippen LogP contribution in [0.3, 0.4) is 0 Å².